The molecule has 0 aromatic rings. The van der Waals surface area contributed by atoms with Gasteiger partial charge in [0.15, 0.2) is 0 Å². The molecule has 1 rings (SSSR count). The lowest BCUT2D eigenvalue weighted by molar-refractivity contribution is -0.204. The first kappa shape index (κ1) is 6.92. The van der Waals surface area contributed by atoms with Crippen LogP contribution >= 0.6 is 0 Å². The van der Waals surface area contributed by atoms with Gasteiger partial charge in [-0.15, -0.1) is 0 Å². The lowest BCUT2D eigenvalue weighted by Crippen LogP contribution is -2.45. The minimum Gasteiger partial charge on any atom is -0.382 e. The van der Waals surface area contributed by atoms with Crippen LogP contribution in [0.1, 0.15) is 0 Å². The van der Waals surface area contributed by atoms with Crippen molar-refractivity contribution in [3.05, 3.63) is 0 Å². The van der Waals surface area contributed by atoms with Crippen LogP contribution in [0.4, 0.5) is 4.39 Å². The van der Waals surface area contributed by atoms with Gasteiger partial charge in [0.1, 0.15) is 19.1 Å². The zero-order valence-electron chi connectivity index (χ0n) is 4.97. The smallest absolute Gasteiger partial charge is 0.147 e. The van der Waals surface area contributed by atoms with Gasteiger partial charge in [0.25, 0.3) is 0 Å². The van der Waals surface area contributed by atoms with E-state index in [1.807, 2.05) is 0 Å². The predicted molar refractivity (Wildman–Crippen MR) is 27.7 cm³/mol. The summed E-state index contributed by atoms with van der Waals surface area (Å²) in [5.74, 6) is 0. The highest BCUT2D eigenvalue weighted by Gasteiger charge is 2.30. The molecule has 54 valence electrons. The van der Waals surface area contributed by atoms with Crippen LogP contribution in [0.5, 0.6) is 0 Å². The number of hydrogen-bond acceptors (Lipinski definition) is 3. The average Bonchev–Trinajstić information content (AvgIpc) is 1.90. The summed E-state index contributed by atoms with van der Waals surface area (Å²) in [7, 11) is 0. The Morgan fingerprint density at radius 1 is 1.44 bits per heavy atom. The molecule has 0 aromatic carbocycles. The van der Waals surface area contributed by atoms with Crippen LogP contribution in [0, 0.1) is 0 Å². The molecule has 1 aliphatic heterocycles. The molecule has 1 N–H and O–H groups in total. The van der Waals surface area contributed by atoms with Gasteiger partial charge in [0.05, 0.1) is 13.2 Å². The normalized spacial score (nSPS) is 26.0. The van der Waals surface area contributed by atoms with Crippen LogP contribution in [0.2, 0.25) is 0 Å². The molecule has 0 unspecified atom stereocenters. The summed E-state index contributed by atoms with van der Waals surface area (Å²) in [5.41, 5.74) is -1.39. The van der Waals surface area contributed by atoms with E-state index in [2.05, 4.69) is 9.47 Å². The summed E-state index contributed by atoms with van der Waals surface area (Å²) in [6, 6.07) is 0. The van der Waals surface area contributed by atoms with Crippen molar-refractivity contribution in [2.24, 2.45) is 0 Å². The van der Waals surface area contributed by atoms with E-state index in [1.165, 1.54) is 0 Å². The first-order valence-electron chi connectivity index (χ1n) is 2.71. The van der Waals surface area contributed by atoms with Crippen molar-refractivity contribution in [2.75, 3.05) is 26.7 Å². The number of hydrogen-bond donors (Lipinski definition) is 1. The monoisotopic (exact) mass is 136 g/mol. The molecule has 0 amide bonds. The Morgan fingerprint density at radius 2 is 2.00 bits per heavy atom. The van der Waals surface area contributed by atoms with Crippen molar-refractivity contribution in [1.29, 1.82) is 0 Å². The molecule has 4 heteroatoms. The van der Waals surface area contributed by atoms with E-state index >= 15 is 0 Å². The van der Waals surface area contributed by atoms with E-state index in [9.17, 15) is 4.39 Å². The highest BCUT2D eigenvalue weighted by Crippen LogP contribution is 2.11. The van der Waals surface area contributed by atoms with Crippen LogP contribution in [0.15, 0.2) is 0 Å². The summed E-state index contributed by atoms with van der Waals surface area (Å²) in [5, 5.41) is 9.06. The molecule has 1 aliphatic rings. The van der Waals surface area contributed by atoms with E-state index < -0.39 is 12.3 Å². The van der Waals surface area contributed by atoms with Gasteiger partial charge in [-0.3, -0.25) is 0 Å². The molecule has 0 aliphatic carbocycles. The largest absolute Gasteiger partial charge is 0.382 e. The van der Waals surface area contributed by atoms with Gasteiger partial charge in [-0.05, 0) is 0 Å². The summed E-state index contributed by atoms with van der Waals surface area (Å²) in [6.45, 7) is -0.595. The van der Waals surface area contributed by atoms with Crippen molar-refractivity contribution in [3.63, 3.8) is 0 Å². The van der Waals surface area contributed by atoms with E-state index in [1.54, 1.807) is 0 Å². The van der Waals surface area contributed by atoms with Crippen molar-refractivity contribution in [1.82, 2.24) is 0 Å². The summed E-state index contributed by atoms with van der Waals surface area (Å²) in [4.78, 5) is 0. The minimum atomic E-state index is -1.39. The Kier molecular flexibility index (Phi) is 2.00. The van der Waals surface area contributed by atoms with Crippen molar-refractivity contribution >= 4 is 0 Å². The van der Waals surface area contributed by atoms with Gasteiger partial charge in [0.2, 0.25) is 0 Å². The Balaban J connectivity index is 2.37. The lowest BCUT2D eigenvalue weighted by atomic mass is 10.1. The van der Waals surface area contributed by atoms with Crippen LogP contribution in [-0.2, 0) is 9.47 Å². The van der Waals surface area contributed by atoms with Gasteiger partial charge < -0.3 is 14.6 Å². The minimum absolute atomic E-state index is 0.0312. The third-order valence-corrected chi connectivity index (χ3v) is 1.16. The molecule has 1 fully saturated rings. The summed E-state index contributed by atoms with van der Waals surface area (Å²) in [6.07, 6.45) is 0. The van der Waals surface area contributed by atoms with E-state index in [0.29, 0.717) is 0 Å². The fourth-order valence-corrected chi connectivity index (χ4v) is 0.641. The first-order valence-corrected chi connectivity index (χ1v) is 2.71. The number of aliphatic hydroxyl groups is 1. The Labute approximate surface area is 52.4 Å². The van der Waals surface area contributed by atoms with E-state index in [4.69, 9.17) is 5.11 Å². The third kappa shape index (κ3) is 1.61. The summed E-state index contributed by atoms with van der Waals surface area (Å²) < 4.78 is 21.2. The Hall–Kier alpha value is -0.190. The molecule has 3 nitrogen and oxygen atoms in total. The standard InChI is InChI=1S/C5H9FO3/c6-1-5(7)2-8-4-9-3-5/h7H,1-4H2. The second-order valence-corrected chi connectivity index (χ2v) is 2.17. The zero-order valence-corrected chi connectivity index (χ0v) is 4.97. The third-order valence-electron chi connectivity index (χ3n) is 1.16. The maximum atomic E-state index is 11.9. The zero-order chi connectivity index (χ0) is 6.74. The van der Waals surface area contributed by atoms with Gasteiger partial charge in [0, 0.05) is 0 Å². The number of rotatable bonds is 1. The SMILES string of the molecule is OC1(CF)COCOC1. The van der Waals surface area contributed by atoms with Crippen LogP contribution in [0.3, 0.4) is 0 Å². The molecule has 0 aromatic heterocycles. The first-order chi connectivity index (χ1) is 4.27. The average molecular weight is 136 g/mol. The van der Waals surface area contributed by atoms with Crippen LogP contribution in [-0.4, -0.2) is 37.4 Å². The lowest BCUT2D eigenvalue weighted by Gasteiger charge is -2.28. The highest BCUT2D eigenvalue weighted by atomic mass is 19.1. The number of ether oxygens (including phenoxy) is 2. The molecule has 0 atom stereocenters. The predicted octanol–water partition coefficient (Wildman–Crippen LogP) is -0.309. The van der Waals surface area contributed by atoms with E-state index in [-0.39, 0.29) is 20.0 Å². The molecule has 0 radical (unpaired) electrons. The number of halogens is 1. The van der Waals surface area contributed by atoms with Crippen molar-refractivity contribution in [2.45, 2.75) is 5.60 Å². The fraction of sp³-hybridized carbons (Fsp3) is 1.00. The maximum absolute atomic E-state index is 11.9. The van der Waals surface area contributed by atoms with Crippen LogP contribution in [0.25, 0.3) is 0 Å². The highest BCUT2D eigenvalue weighted by molar-refractivity contribution is 4.77. The quantitative estimate of drug-likeness (QED) is 0.537. The van der Waals surface area contributed by atoms with Gasteiger partial charge in [-0.1, -0.05) is 0 Å². The van der Waals surface area contributed by atoms with Crippen molar-refractivity contribution in [3.8, 4) is 0 Å². The van der Waals surface area contributed by atoms with Crippen LogP contribution < -0.4 is 0 Å². The molecule has 0 spiro atoms. The molecular formula is C5H9FO3. The fourth-order valence-electron chi connectivity index (χ4n) is 0.641. The molecule has 0 saturated carbocycles. The summed E-state index contributed by atoms with van der Waals surface area (Å²) >= 11 is 0. The molecular weight excluding hydrogens is 127 g/mol. The van der Waals surface area contributed by atoms with Gasteiger partial charge in [-0.2, -0.15) is 0 Å². The van der Waals surface area contributed by atoms with E-state index in [0.717, 1.165) is 0 Å². The molecule has 0 bridgehead atoms. The number of alkyl halides is 1. The Bertz CT molecular complexity index is 90.2. The molecule has 1 saturated heterocycles. The second kappa shape index (κ2) is 2.60. The van der Waals surface area contributed by atoms with Gasteiger partial charge in [-0.25, -0.2) is 4.39 Å². The molecule has 9 heavy (non-hydrogen) atoms. The Morgan fingerprint density at radius 3 is 2.33 bits per heavy atom. The maximum Gasteiger partial charge on any atom is 0.147 e. The topological polar surface area (TPSA) is 38.7 Å². The van der Waals surface area contributed by atoms with Crippen molar-refractivity contribution < 1.29 is 19.0 Å². The second-order valence-electron chi connectivity index (χ2n) is 2.17. The van der Waals surface area contributed by atoms with Gasteiger partial charge >= 0.3 is 0 Å². The molecule has 1 heterocycles.